The Labute approximate surface area is 204 Å². The lowest BCUT2D eigenvalue weighted by Crippen LogP contribution is -2.50. The highest BCUT2D eigenvalue weighted by Crippen LogP contribution is 2.39. The number of nitrogens with one attached hydrogen (secondary N) is 1. The topological polar surface area (TPSA) is 86.3 Å². The highest BCUT2D eigenvalue weighted by atomic mass is 28.3. The van der Waals surface area contributed by atoms with E-state index in [2.05, 4.69) is 52.3 Å². The molecule has 2 amide bonds. The second-order valence-corrected chi connectivity index (χ2v) is 11.8. The summed E-state index contributed by atoms with van der Waals surface area (Å²) in [6.45, 7) is 20.2. The van der Waals surface area contributed by atoms with Gasteiger partial charge in [0.25, 0.3) is 5.91 Å². The van der Waals surface area contributed by atoms with Crippen LogP contribution < -0.4 is 14.8 Å². The van der Waals surface area contributed by atoms with Crippen molar-refractivity contribution < 1.29 is 28.2 Å². The summed E-state index contributed by atoms with van der Waals surface area (Å²) in [5.41, 5.74) is 1.25. The molecule has 0 bridgehead atoms. The molecule has 8 nitrogen and oxygen atoms in total. The first kappa shape index (κ1) is 27.5. The van der Waals surface area contributed by atoms with Crippen LogP contribution in [0.2, 0.25) is 13.1 Å². The Morgan fingerprint density at radius 2 is 1.76 bits per heavy atom. The van der Waals surface area contributed by atoms with Gasteiger partial charge in [-0.15, -0.1) is 0 Å². The van der Waals surface area contributed by atoms with Gasteiger partial charge in [0.05, 0.1) is 43.4 Å². The molecule has 1 fully saturated rings. The summed E-state index contributed by atoms with van der Waals surface area (Å²) in [7, 11) is 1.95. The lowest BCUT2D eigenvalue weighted by atomic mass is 9.83. The molecule has 0 aromatic heterocycles. The molecule has 9 heteroatoms. The second-order valence-electron chi connectivity index (χ2n) is 9.74. The molecular formula is C25H37N2O6Si. The van der Waals surface area contributed by atoms with Gasteiger partial charge in [-0.05, 0) is 37.9 Å². The van der Waals surface area contributed by atoms with Crippen LogP contribution in [0.25, 0.3) is 0 Å². The van der Waals surface area contributed by atoms with E-state index >= 15 is 0 Å². The van der Waals surface area contributed by atoms with E-state index in [4.69, 9.17) is 18.6 Å². The highest BCUT2D eigenvalue weighted by molar-refractivity contribution is 6.48. The van der Waals surface area contributed by atoms with Crippen LogP contribution in [0.1, 0.15) is 44.5 Å². The first-order valence-corrected chi connectivity index (χ1v) is 13.5. The number of ether oxygens (including phenoxy) is 3. The van der Waals surface area contributed by atoms with Crippen LogP contribution in [0.3, 0.4) is 0 Å². The molecule has 1 saturated heterocycles. The number of benzene rings is 1. The predicted molar refractivity (Wildman–Crippen MR) is 135 cm³/mol. The first-order valence-electron chi connectivity index (χ1n) is 11.1. The number of rotatable bonds is 8. The van der Waals surface area contributed by atoms with Crippen molar-refractivity contribution in [2.45, 2.75) is 59.4 Å². The molecule has 34 heavy (non-hydrogen) atoms. The van der Waals surface area contributed by atoms with Gasteiger partial charge in [0.15, 0.2) is 11.5 Å². The van der Waals surface area contributed by atoms with Crippen molar-refractivity contribution in [3.05, 3.63) is 42.2 Å². The zero-order valence-corrected chi connectivity index (χ0v) is 22.5. The van der Waals surface area contributed by atoms with E-state index < -0.39 is 15.1 Å². The van der Waals surface area contributed by atoms with Crippen LogP contribution in [0.5, 0.6) is 11.5 Å². The zero-order valence-electron chi connectivity index (χ0n) is 21.5. The minimum Gasteiger partial charge on any atom is -0.493 e. The van der Waals surface area contributed by atoms with E-state index in [0.717, 1.165) is 5.57 Å². The Hall–Kier alpha value is -2.78. The maximum atomic E-state index is 13.9. The standard InChI is InChI=1S/C25H37N2O6Si/c1-15(2)32-24(29)26-18-13-21(31-8)20(30-7)12-17(18)23(28)27-14-16(3)11-19(27)22(25(4,5)6)33-34(9)10/h12-13,19,22H,1,3,11,14H2,2,4-10H3,(H,26,29)/t19-,22?/m0/s1. The third-order valence-corrected chi connectivity index (χ3v) is 6.10. The highest BCUT2D eigenvalue weighted by Gasteiger charge is 2.43. The maximum Gasteiger partial charge on any atom is 0.416 e. The zero-order chi connectivity index (χ0) is 25.8. The average Bonchev–Trinajstić information content (AvgIpc) is 3.10. The number of hydrogen-bond acceptors (Lipinski definition) is 6. The molecule has 0 spiro atoms. The van der Waals surface area contributed by atoms with Crippen molar-refractivity contribution >= 4 is 26.7 Å². The number of anilines is 1. The van der Waals surface area contributed by atoms with E-state index in [-0.39, 0.29) is 40.5 Å². The molecular weight excluding hydrogens is 452 g/mol. The fourth-order valence-corrected chi connectivity index (χ4v) is 5.03. The summed E-state index contributed by atoms with van der Waals surface area (Å²) in [6, 6.07) is 2.92. The van der Waals surface area contributed by atoms with E-state index in [1.54, 1.807) is 24.0 Å². The molecule has 2 atom stereocenters. The lowest BCUT2D eigenvalue weighted by molar-refractivity contribution is 0.0139. The summed E-state index contributed by atoms with van der Waals surface area (Å²) in [5, 5.41) is 2.64. The third kappa shape index (κ3) is 6.63. The normalized spacial score (nSPS) is 16.9. The van der Waals surface area contributed by atoms with Gasteiger partial charge in [-0.3, -0.25) is 10.1 Å². The summed E-state index contributed by atoms with van der Waals surface area (Å²) in [4.78, 5) is 28.0. The number of amides is 2. The van der Waals surface area contributed by atoms with Crippen LogP contribution >= 0.6 is 0 Å². The average molecular weight is 490 g/mol. The van der Waals surface area contributed by atoms with Crippen LogP contribution in [-0.2, 0) is 9.16 Å². The van der Waals surface area contributed by atoms with E-state index in [0.29, 0.717) is 24.5 Å². The second kappa shape index (κ2) is 11.1. The molecule has 187 valence electrons. The monoisotopic (exact) mass is 489 g/mol. The van der Waals surface area contributed by atoms with Gasteiger partial charge in [-0.2, -0.15) is 0 Å². The number of hydrogen-bond donors (Lipinski definition) is 1. The molecule has 0 saturated carbocycles. The number of methoxy groups -OCH3 is 2. The largest absolute Gasteiger partial charge is 0.493 e. The molecule has 1 N–H and O–H groups in total. The molecule has 2 rings (SSSR count). The van der Waals surface area contributed by atoms with Crippen molar-refractivity contribution in [1.82, 2.24) is 4.90 Å². The minimum absolute atomic E-state index is 0.176. The maximum absolute atomic E-state index is 13.9. The molecule has 1 aromatic rings. The van der Waals surface area contributed by atoms with Crippen molar-refractivity contribution in [3.63, 3.8) is 0 Å². The van der Waals surface area contributed by atoms with E-state index in [1.165, 1.54) is 14.2 Å². The molecule has 1 heterocycles. The van der Waals surface area contributed by atoms with Crippen LogP contribution in [0, 0.1) is 5.41 Å². The third-order valence-electron chi connectivity index (χ3n) is 5.38. The summed E-state index contributed by atoms with van der Waals surface area (Å²) in [6.07, 6.45) is -0.280. The number of nitrogens with zero attached hydrogens (tertiary/aromatic N) is 1. The Kier molecular flexibility index (Phi) is 8.96. The predicted octanol–water partition coefficient (Wildman–Crippen LogP) is 5.24. The number of likely N-dealkylation sites (tertiary alicyclic amines) is 1. The molecule has 1 aliphatic rings. The summed E-state index contributed by atoms with van der Waals surface area (Å²) in [5.74, 6) is 0.695. The van der Waals surface area contributed by atoms with Gasteiger partial charge in [0.2, 0.25) is 9.04 Å². The molecule has 0 aliphatic carbocycles. The Morgan fingerprint density at radius 1 is 1.18 bits per heavy atom. The van der Waals surface area contributed by atoms with Crippen LogP contribution in [0.4, 0.5) is 10.5 Å². The van der Waals surface area contributed by atoms with Crippen LogP contribution in [-0.4, -0.2) is 58.9 Å². The number of carbonyl (C=O) groups is 2. The molecule has 1 radical (unpaired) electrons. The Bertz CT molecular complexity index is 953. The minimum atomic E-state index is -1.02. The van der Waals surface area contributed by atoms with Gasteiger partial charge in [-0.25, -0.2) is 4.79 Å². The number of allylic oxidation sites excluding steroid dienone is 1. The van der Waals surface area contributed by atoms with Crippen molar-refractivity contribution in [2.75, 3.05) is 26.1 Å². The lowest BCUT2D eigenvalue weighted by Gasteiger charge is -2.40. The molecule has 1 aromatic carbocycles. The van der Waals surface area contributed by atoms with Gasteiger partial charge in [-0.1, -0.05) is 39.5 Å². The van der Waals surface area contributed by atoms with Gasteiger partial charge in [0.1, 0.15) is 0 Å². The molecule has 1 aliphatic heterocycles. The van der Waals surface area contributed by atoms with Crippen molar-refractivity contribution in [3.8, 4) is 11.5 Å². The van der Waals surface area contributed by atoms with E-state index in [1.807, 2.05) is 0 Å². The van der Waals surface area contributed by atoms with Crippen molar-refractivity contribution in [2.24, 2.45) is 5.41 Å². The van der Waals surface area contributed by atoms with E-state index in [9.17, 15) is 9.59 Å². The summed E-state index contributed by atoms with van der Waals surface area (Å²) < 4.78 is 22.2. The fraction of sp³-hybridized carbons (Fsp3) is 0.520. The van der Waals surface area contributed by atoms with Crippen LogP contribution in [0.15, 0.2) is 36.6 Å². The Balaban J connectivity index is 2.54. The first-order chi connectivity index (χ1) is 15.8. The van der Waals surface area contributed by atoms with Gasteiger partial charge >= 0.3 is 6.09 Å². The Morgan fingerprint density at radius 3 is 2.26 bits per heavy atom. The number of carbonyl (C=O) groups excluding carboxylic acids is 2. The fourth-order valence-electron chi connectivity index (χ4n) is 4.02. The summed E-state index contributed by atoms with van der Waals surface area (Å²) >= 11 is 0. The van der Waals surface area contributed by atoms with Gasteiger partial charge in [0, 0.05) is 12.6 Å². The quantitative estimate of drug-likeness (QED) is 0.305. The van der Waals surface area contributed by atoms with Crippen molar-refractivity contribution in [1.29, 1.82) is 0 Å². The SMILES string of the molecule is C=C1C[C@@H](C(O[Si](C)C)C(C)(C)C)N(C(=O)c2cc(OC)c(OC)cc2NC(=O)OC(=C)C)C1. The molecule has 1 unspecified atom stereocenters. The smallest absolute Gasteiger partial charge is 0.416 e. The van der Waals surface area contributed by atoms with Gasteiger partial charge < -0.3 is 23.5 Å².